The molecule has 0 bridgehead atoms. The molecule has 0 saturated carbocycles. The highest BCUT2D eigenvalue weighted by atomic mass is 16.3. The fourth-order valence-corrected chi connectivity index (χ4v) is 2.81. The van der Waals surface area contributed by atoms with Gasteiger partial charge in [0.2, 0.25) is 0 Å². The number of nitrogens with two attached hydrogens (primary N) is 1. The lowest BCUT2D eigenvalue weighted by molar-refractivity contribution is 0.0481. The second-order valence-corrected chi connectivity index (χ2v) is 5.91. The van der Waals surface area contributed by atoms with Crippen molar-refractivity contribution in [2.24, 2.45) is 5.73 Å². The highest BCUT2D eigenvalue weighted by Crippen LogP contribution is 2.30. The highest BCUT2D eigenvalue weighted by Gasteiger charge is 2.26. The molecule has 2 rings (SSSR count). The summed E-state index contributed by atoms with van der Waals surface area (Å²) in [6.45, 7) is 5.97. The fraction of sp³-hybridized carbons (Fsp3) is 0.625. The minimum absolute atomic E-state index is 0.0972. The molecule has 1 aromatic rings. The van der Waals surface area contributed by atoms with Crippen molar-refractivity contribution in [2.75, 3.05) is 18.0 Å². The van der Waals surface area contributed by atoms with Gasteiger partial charge in [-0.05, 0) is 44.2 Å². The van der Waals surface area contributed by atoms with E-state index in [-0.39, 0.29) is 6.04 Å². The number of benzene rings is 1. The van der Waals surface area contributed by atoms with E-state index in [1.165, 1.54) is 11.3 Å². The second kappa shape index (κ2) is 5.93. The van der Waals surface area contributed by atoms with Crippen LogP contribution < -0.4 is 10.6 Å². The number of hydrogen-bond donors (Lipinski definition) is 2. The normalized spacial score (nSPS) is 26.0. The molecule has 1 aliphatic rings. The first-order chi connectivity index (χ1) is 9.03. The summed E-state index contributed by atoms with van der Waals surface area (Å²) in [5, 5.41) is 10.2. The zero-order chi connectivity index (χ0) is 13.9. The number of hydrogen-bond acceptors (Lipinski definition) is 3. The van der Waals surface area contributed by atoms with Crippen LogP contribution in [-0.2, 0) is 0 Å². The Kier molecular flexibility index (Phi) is 4.48. The largest absolute Gasteiger partial charge is 0.390 e. The molecule has 2 atom stereocenters. The van der Waals surface area contributed by atoms with Gasteiger partial charge in [0.1, 0.15) is 0 Å². The predicted molar refractivity (Wildman–Crippen MR) is 80.3 cm³/mol. The van der Waals surface area contributed by atoms with Gasteiger partial charge >= 0.3 is 0 Å². The van der Waals surface area contributed by atoms with Crippen molar-refractivity contribution in [3.63, 3.8) is 0 Å². The van der Waals surface area contributed by atoms with Gasteiger partial charge in [-0.2, -0.15) is 0 Å². The number of rotatable bonds is 3. The Labute approximate surface area is 116 Å². The summed E-state index contributed by atoms with van der Waals surface area (Å²) in [5.74, 6) is 0. The van der Waals surface area contributed by atoms with Crippen LogP contribution in [0.5, 0.6) is 0 Å². The molecule has 3 heteroatoms. The molecule has 1 aromatic carbocycles. The lowest BCUT2D eigenvalue weighted by Gasteiger charge is -2.28. The van der Waals surface area contributed by atoms with Gasteiger partial charge in [0.15, 0.2) is 0 Å². The number of anilines is 1. The van der Waals surface area contributed by atoms with Gasteiger partial charge in [0.05, 0.1) is 5.60 Å². The maximum Gasteiger partial charge on any atom is 0.0637 e. The van der Waals surface area contributed by atoms with Crippen LogP contribution in [0, 0.1) is 0 Å². The predicted octanol–water partition coefficient (Wildman–Crippen LogP) is 2.84. The Bertz CT molecular complexity index is 417. The van der Waals surface area contributed by atoms with Gasteiger partial charge in [0.25, 0.3) is 0 Å². The van der Waals surface area contributed by atoms with E-state index in [4.69, 9.17) is 5.73 Å². The summed E-state index contributed by atoms with van der Waals surface area (Å²) in [5.41, 5.74) is 8.17. The van der Waals surface area contributed by atoms with Crippen molar-refractivity contribution in [3.05, 3.63) is 29.8 Å². The molecule has 1 saturated heterocycles. The van der Waals surface area contributed by atoms with E-state index in [2.05, 4.69) is 36.1 Å². The zero-order valence-electron chi connectivity index (χ0n) is 12.1. The molecule has 0 amide bonds. The van der Waals surface area contributed by atoms with Crippen LogP contribution in [0.15, 0.2) is 24.3 Å². The SMILES string of the molecule is CC[C@H](N)c1ccccc1N1CCCC(C)(O)CC1. The van der Waals surface area contributed by atoms with Gasteiger partial charge in [0, 0.05) is 24.8 Å². The average Bonchev–Trinajstić information content (AvgIpc) is 2.59. The Morgan fingerprint density at radius 1 is 1.32 bits per heavy atom. The molecule has 1 heterocycles. The Morgan fingerprint density at radius 2 is 2.05 bits per heavy atom. The minimum atomic E-state index is -0.517. The van der Waals surface area contributed by atoms with Gasteiger partial charge in [-0.15, -0.1) is 0 Å². The van der Waals surface area contributed by atoms with E-state index >= 15 is 0 Å². The first-order valence-corrected chi connectivity index (χ1v) is 7.35. The molecule has 3 N–H and O–H groups in total. The van der Waals surface area contributed by atoms with Crippen molar-refractivity contribution < 1.29 is 5.11 Å². The third kappa shape index (κ3) is 3.48. The minimum Gasteiger partial charge on any atom is -0.390 e. The second-order valence-electron chi connectivity index (χ2n) is 5.91. The van der Waals surface area contributed by atoms with Crippen molar-refractivity contribution in [1.29, 1.82) is 0 Å². The summed E-state index contributed by atoms with van der Waals surface area (Å²) < 4.78 is 0. The maximum absolute atomic E-state index is 10.2. The molecule has 106 valence electrons. The quantitative estimate of drug-likeness (QED) is 0.880. The summed E-state index contributed by atoms with van der Waals surface area (Å²) in [7, 11) is 0. The summed E-state index contributed by atoms with van der Waals surface area (Å²) in [6, 6.07) is 8.52. The third-order valence-corrected chi connectivity index (χ3v) is 4.18. The van der Waals surface area contributed by atoms with E-state index in [1.807, 2.05) is 6.92 Å². The van der Waals surface area contributed by atoms with Crippen LogP contribution in [0.4, 0.5) is 5.69 Å². The van der Waals surface area contributed by atoms with Crippen molar-refractivity contribution in [2.45, 2.75) is 51.2 Å². The molecule has 1 aliphatic heterocycles. The van der Waals surface area contributed by atoms with Crippen LogP contribution in [0.2, 0.25) is 0 Å². The first kappa shape index (κ1) is 14.4. The van der Waals surface area contributed by atoms with E-state index in [9.17, 15) is 5.11 Å². The molecular formula is C16H26N2O. The summed E-state index contributed by atoms with van der Waals surface area (Å²) >= 11 is 0. The molecule has 3 nitrogen and oxygen atoms in total. The van der Waals surface area contributed by atoms with Gasteiger partial charge in [-0.25, -0.2) is 0 Å². The van der Waals surface area contributed by atoms with E-state index < -0.39 is 5.60 Å². The third-order valence-electron chi connectivity index (χ3n) is 4.18. The molecule has 0 aliphatic carbocycles. The van der Waals surface area contributed by atoms with Crippen LogP contribution >= 0.6 is 0 Å². The van der Waals surface area contributed by atoms with E-state index in [0.29, 0.717) is 0 Å². The summed E-state index contributed by atoms with van der Waals surface area (Å²) in [4.78, 5) is 2.38. The standard InChI is InChI=1S/C16H26N2O/c1-3-14(17)13-7-4-5-8-15(13)18-11-6-9-16(2,19)10-12-18/h4-5,7-8,14,19H,3,6,9-12,17H2,1-2H3/t14-,16?/m0/s1. The lowest BCUT2D eigenvalue weighted by Crippen LogP contribution is -2.29. The first-order valence-electron chi connectivity index (χ1n) is 7.35. The molecule has 0 radical (unpaired) electrons. The molecule has 1 fully saturated rings. The number of para-hydroxylation sites is 1. The number of aliphatic hydroxyl groups is 1. The molecule has 0 aromatic heterocycles. The smallest absolute Gasteiger partial charge is 0.0637 e. The summed E-state index contributed by atoms with van der Waals surface area (Å²) in [6.07, 6.45) is 3.68. The number of nitrogens with zero attached hydrogens (tertiary/aromatic N) is 1. The van der Waals surface area contributed by atoms with Gasteiger partial charge < -0.3 is 15.7 Å². The fourth-order valence-electron chi connectivity index (χ4n) is 2.81. The molecule has 1 unspecified atom stereocenters. The Balaban J connectivity index is 2.22. The average molecular weight is 262 g/mol. The Hall–Kier alpha value is -1.06. The van der Waals surface area contributed by atoms with Crippen LogP contribution in [-0.4, -0.2) is 23.8 Å². The monoisotopic (exact) mass is 262 g/mol. The Morgan fingerprint density at radius 3 is 2.79 bits per heavy atom. The molecular weight excluding hydrogens is 236 g/mol. The van der Waals surface area contributed by atoms with E-state index in [0.717, 1.165) is 38.8 Å². The van der Waals surface area contributed by atoms with Crippen molar-refractivity contribution in [1.82, 2.24) is 0 Å². The molecule has 0 spiro atoms. The highest BCUT2D eigenvalue weighted by molar-refractivity contribution is 5.55. The van der Waals surface area contributed by atoms with Gasteiger partial charge in [-0.1, -0.05) is 25.1 Å². The van der Waals surface area contributed by atoms with Gasteiger partial charge in [-0.3, -0.25) is 0 Å². The molecule has 19 heavy (non-hydrogen) atoms. The van der Waals surface area contributed by atoms with Crippen LogP contribution in [0.1, 0.15) is 51.1 Å². The zero-order valence-corrected chi connectivity index (χ0v) is 12.1. The van der Waals surface area contributed by atoms with Crippen molar-refractivity contribution >= 4 is 5.69 Å². The van der Waals surface area contributed by atoms with Crippen LogP contribution in [0.25, 0.3) is 0 Å². The topological polar surface area (TPSA) is 49.5 Å². The van der Waals surface area contributed by atoms with E-state index in [1.54, 1.807) is 0 Å². The van der Waals surface area contributed by atoms with Crippen molar-refractivity contribution in [3.8, 4) is 0 Å². The van der Waals surface area contributed by atoms with Crippen LogP contribution in [0.3, 0.4) is 0 Å². The maximum atomic E-state index is 10.2. The lowest BCUT2D eigenvalue weighted by atomic mass is 9.98.